The van der Waals surface area contributed by atoms with Crippen molar-refractivity contribution in [1.29, 1.82) is 0 Å². The third-order valence-corrected chi connectivity index (χ3v) is 2.35. The van der Waals surface area contributed by atoms with Crippen LogP contribution >= 0.6 is 11.5 Å². The molecule has 0 atom stereocenters. The molecule has 0 bridgehead atoms. The minimum absolute atomic E-state index is 0.0365. The van der Waals surface area contributed by atoms with Crippen molar-refractivity contribution in [3.8, 4) is 0 Å². The first kappa shape index (κ1) is 15.2. The Morgan fingerprint density at radius 1 is 1.28 bits per heavy atom. The average molecular weight is 283 g/mol. The Hall–Kier alpha value is -0.890. The molecule has 0 aliphatic heterocycles. The fraction of sp³-hybridized carbons (Fsp3) is 0.800. The van der Waals surface area contributed by atoms with Crippen LogP contribution in [0.1, 0.15) is 26.6 Å². The van der Waals surface area contributed by atoms with Crippen molar-refractivity contribution >= 4 is 16.7 Å². The van der Waals surface area contributed by atoms with Crippen LogP contribution in [-0.2, 0) is 11.2 Å². The number of hydrogen-bond donors (Lipinski definition) is 1. The number of ether oxygens (including phenoxy) is 1. The van der Waals surface area contributed by atoms with E-state index in [1.54, 1.807) is 0 Å². The Bertz CT molecular complexity index is 373. The predicted molar refractivity (Wildman–Crippen MR) is 63.9 cm³/mol. The Labute approximate surface area is 108 Å². The highest BCUT2D eigenvalue weighted by Crippen LogP contribution is 2.17. The number of nitrogens with one attached hydrogen (secondary N) is 1. The van der Waals surface area contributed by atoms with Gasteiger partial charge in [0.2, 0.25) is 5.13 Å². The summed E-state index contributed by atoms with van der Waals surface area (Å²) in [5.74, 6) is 0.494. The molecule has 104 valence electrons. The number of nitrogens with zero attached hydrogens (tertiary/aromatic N) is 2. The van der Waals surface area contributed by atoms with Gasteiger partial charge in [0.25, 0.3) is 0 Å². The quantitative estimate of drug-likeness (QED) is 0.844. The normalized spacial score (nSPS) is 12.8. The average Bonchev–Trinajstić information content (AvgIpc) is 2.56. The van der Waals surface area contributed by atoms with Gasteiger partial charge in [-0.3, -0.25) is 0 Å². The summed E-state index contributed by atoms with van der Waals surface area (Å²) >= 11 is 1.19. The van der Waals surface area contributed by atoms with Crippen LogP contribution in [0, 0.1) is 0 Å². The highest BCUT2D eigenvalue weighted by atomic mass is 32.1. The molecule has 8 heteroatoms. The van der Waals surface area contributed by atoms with E-state index in [2.05, 4.69) is 19.4 Å². The molecule has 1 heterocycles. The summed E-state index contributed by atoms with van der Waals surface area (Å²) in [7, 11) is 0. The van der Waals surface area contributed by atoms with Crippen LogP contribution in [0.2, 0.25) is 0 Å². The minimum atomic E-state index is -4.28. The van der Waals surface area contributed by atoms with Gasteiger partial charge in [-0.15, -0.1) is 0 Å². The van der Waals surface area contributed by atoms with Crippen molar-refractivity contribution in [2.75, 3.05) is 18.5 Å². The lowest BCUT2D eigenvalue weighted by atomic mass is 10.1. The lowest BCUT2D eigenvalue weighted by molar-refractivity contribution is -0.173. The molecule has 4 nitrogen and oxygen atoms in total. The van der Waals surface area contributed by atoms with Crippen LogP contribution in [0.5, 0.6) is 0 Å². The van der Waals surface area contributed by atoms with Crippen LogP contribution in [0.25, 0.3) is 0 Å². The Morgan fingerprint density at radius 3 is 2.50 bits per heavy atom. The molecule has 0 fully saturated rings. The van der Waals surface area contributed by atoms with Crippen LogP contribution < -0.4 is 5.32 Å². The molecular weight excluding hydrogens is 267 g/mol. The standard InChI is InChI=1S/C10H16F3N3OS/c1-9(2,3)15-8-14-7(16-18-8)4-5-17-6-10(11,12)13/h4-6H2,1-3H3,(H,14,15,16). The number of rotatable bonds is 5. The van der Waals surface area contributed by atoms with E-state index < -0.39 is 12.8 Å². The lowest BCUT2D eigenvalue weighted by Gasteiger charge is -2.18. The van der Waals surface area contributed by atoms with E-state index in [4.69, 9.17) is 0 Å². The van der Waals surface area contributed by atoms with Gasteiger partial charge >= 0.3 is 6.18 Å². The van der Waals surface area contributed by atoms with Crippen LogP contribution in [0.15, 0.2) is 0 Å². The molecule has 0 saturated heterocycles. The van der Waals surface area contributed by atoms with Crippen LogP contribution in [-0.4, -0.2) is 34.3 Å². The summed E-state index contributed by atoms with van der Waals surface area (Å²) in [4.78, 5) is 4.16. The number of halogens is 3. The van der Waals surface area contributed by atoms with Crippen molar-refractivity contribution < 1.29 is 17.9 Å². The Balaban J connectivity index is 2.32. The maximum atomic E-state index is 11.8. The predicted octanol–water partition coefficient (Wildman–Crippen LogP) is 2.87. The summed E-state index contributed by atoms with van der Waals surface area (Å²) < 4.78 is 44.0. The zero-order valence-corrected chi connectivity index (χ0v) is 11.3. The van der Waals surface area contributed by atoms with E-state index >= 15 is 0 Å². The lowest BCUT2D eigenvalue weighted by Crippen LogP contribution is -2.25. The zero-order valence-electron chi connectivity index (χ0n) is 10.5. The van der Waals surface area contributed by atoms with E-state index in [1.807, 2.05) is 20.8 Å². The SMILES string of the molecule is CC(C)(C)Nc1nc(CCOCC(F)(F)F)ns1. The van der Waals surface area contributed by atoms with Crippen LogP contribution in [0.4, 0.5) is 18.3 Å². The molecule has 0 aliphatic carbocycles. The van der Waals surface area contributed by atoms with Gasteiger partial charge in [-0.2, -0.15) is 17.5 Å². The first-order valence-corrected chi connectivity index (χ1v) is 6.18. The Kier molecular flexibility index (Phi) is 4.92. The van der Waals surface area contributed by atoms with E-state index in [1.165, 1.54) is 11.5 Å². The molecule has 0 unspecified atom stereocenters. The van der Waals surface area contributed by atoms with Crippen molar-refractivity contribution in [3.63, 3.8) is 0 Å². The fourth-order valence-corrected chi connectivity index (χ4v) is 1.90. The molecular formula is C10H16F3N3OS. The van der Waals surface area contributed by atoms with Crippen molar-refractivity contribution in [2.45, 2.75) is 38.9 Å². The van der Waals surface area contributed by atoms with Gasteiger partial charge in [-0.25, -0.2) is 4.98 Å². The van der Waals surface area contributed by atoms with Crippen molar-refractivity contribution in [2.24, 2.45) is 0 Å². The zero-order chi connectivity index (χ0) is 13.8. The maximum Gasteiger partial charge on any atom is 0.411 e. The second kappa shape index (κ2) is 5.83. The van der Waals surface area contributed by atoms with Gasteiger partial charge < -0.3 is 10.1 Å². The molecule has 0 amide bonds. The highest BCUT2D eigenvalue weighted by molar-refractivity contribution is 7.09. The van der Waals surface area contributed by atoms with E-state index in [9.17, 15) is 13.2 Å². The smallest absolute Gasteiger partial charge is 0.372 e. The summed E-state index contributed by atoms with van der Waals surface area (Å²) in [6, 6.07) is 0. The summed E-state index contributed by atoms with van der Waals surface area (Å²) in [6.07, 6.45) is -4.01. The molecule has 1 N–H and O–H groups in total. The number of anilines is 1. The van der Waals surface area contributed by atoms with Gasteiger partial charge in [0.05, 0.1) is 6.61 Å². The summed E-state index contributed by atoms with van der Waals surface area (Å²) in [6.45, 7) is 4.69. The molecule has 0 saturated carbocycles. The van der Waals surface area contributed by atoms with Crippen LogP contribution in [0.3, 0.4) is 0 Å². The first-order chi connectivity index (χ1) is 8.16. The molecule has 1 aromatic rings. The van der Waals surface area contributed by atoms with E-state index in [0.29, 0.717) is 11.0 Å². The molecule has 1 aromatic heterocycles. The third kappa shape index (κ3) is 6.75. The molecule has 0 spiro atoms. The molecule has 1 rings (SSSR count). The van der Waals surface area contributed by atoms with Gasteiger partial charge in [0, 0.05) is 23.5 Å². The van der Waals surface area contributed by atoms with Gasteiger partial charge in [-0.1, -0.05) is 0 Å². The van der Waals surface area contributed by atoms with Crippen molar-refractivity contribution in [3.05, 3.63) is 5.82 Å². The maximum absolute atomic E-state index is 11.8. The molecule has 0 aromatic carbocycles. The number of hydrogen-bond acceptors (Lipinski definition) is 5. The topological polar surface area (TPSA) is 47.0 Å². The van der Waals surface area contributed by atoms with Gasteiger partial charge in [-0.05, 0) is 20.8 Å². The summed E-state index contributed by atoms with van der Waals surface area (Å²) in [5.41, 5.74) is -0.121. The van der Waals surface area contributed by atoms with Gasteiger partial charge in [0.15, 0.2) is 0 Å². The first-order valence-electron chi connectivity index (χ1n) is 5.41. The van der Waals surface area contributed by atoms with E-state index in [0.717, 1.165) is 0 Å². The number of aromatic nitrogens is 2. The molecule has 0 radical (unpaired) electrons. The van der Waals surface area contributed by atoms with E-state index in [-0.39, 0.29) is 18.6 Å². The second-order valence-electron chi connectivity index (χ2n) is 4.81. The minimum Gasteiger partial charge on any atom is -0.372 e. The molecule has 0 aliphatic rings. The molecule has 18 heavy (non-hydrogen) atoms. The third-order valence-electron chi connectivity index (χ3n) is 1.69. The highest BCUT2D eigenvalue weighted by Gasteiger charge is 2.27. The number of alkyl halides is 3. The van der Waals surface area contributed by atoms with Crippen molar-refractivity contribution in [1.82, 2.24) is 9.36 Å². The van der Waals surface area contributed by atoms with Gasteiger partial charge in [0.1, 0.15) is 12.4 Å². The monoisotopic (exact) mass is 283 g/mol. The Morgan fingerprint density at radius 2 is 1.94 bits per heavy atom. The second-order valence-corrected chi connectivity index (χ2v) is 5.56. The summed E-state index contributed by atoms with van der Waals surface area (Å²) in [5, 5.41) is 3.80. The largest absolute Gasteiger partial charge is 0.411 e. The fourth-order valence-electron chi connectivity index (χ4n) is 1.08.